The van der Waals surface area contributed by atoms with Gasteiger partial charge >= 0.3 is 29.6 Å². The summed E-state index contributed by atoms with van der Waals surface area (Å²) >= 11 is 3.88. The van der Waals surface area contributed by atoms with Crippen LogP contribution in [0.15, 0.2) is 0 Å². The van der Waals surface area contributed by atoms with Gasteiger partial charge in [-0.15, -0.1) is 0 Å². The fraction of sp³-hybridized carbons (Fsp3) is 0.882. The predicted molar refractivity (Wildman–Crippen MR) is 91.9 cm³/mol. The van der Waals surface area contributed by atoms with Gasteiger partial charge in [0.05, 0.1) is 12.0 Å². The molecule has 0 unspecified atom stereocenters. The molecule has 0 aromatic rings. The molecule has 0 radical (unpaired) electrons. The van der Waals surface area contributed by atoms with Crippen LogP contribution >= 0.6 is 12.6 Å². The minimum Gasteiger partial charge on any atom is -0.548 e. The van der Waals surface area contributed by atoms with Crippen LogP contribution in [0.3, 0.4) is 0 Å². The molecular weight excluding hydrogens is 321 g/mol. The number of hydrogen-bond acceptors (Lipinski definition) is 4. The van der Waals surface area contributed by atoms with E-state index in [2.05, 4.69) is 24.9 Å². The zero-order valence-electron chi connectivity index (χ0n) is 14.9. The topological polar surface area (TPSA) is 69.2 Å². The van der Waals surface area contributed by atoms with Gasteiger partial charge in [0.1, 0.15) is 0 Å². The summed E-state index contributed by atoms with van der Waals surface area (Å²) in [5.74, 6) is -1.44. The predicted octanol–water partition coefficient (Wildman–Crippen LogP) is -0.144. The van der Waals surface area contributed by atoms with Gasteiger partial charge in [0, 0.05) is 12.2 Å². The van der Waals surface area contributed by atoms with Gasteiger partial charge in [0.25, 0.3) is 0 Å². The Labute approximate surface area is 169 Å². The summed E-state index contributed by atoms with van der Waals surface area (Å²) in [6.07, 6.45) is 13.9. The fourth-order valence-electron chi connectivity index (χ4n) is 2.40. The average Bonchev–Trinajstić information content (AvgIpc) is 2.50. The molecule has 23 heavy (non-hydrogen) atoms. The third-order valence-corrected chi connectivity index (χ3v) is 4.17. The number of unbranched alkanes of at least 4 members (excludes halogenated alkanes) is 10. The summed E-state index contributed by atoms with van der Waals surface area (Å²) in [4.78, 5) is 22.2. The molecule has 0 bridgehead atoms. The molecule has 0 saturated heterocycles. The monoisotopic (exact) mass is 353 g/mol. The number of carbonyl (C=O) groups excluding carboxylic acids is 2. The Balaban J connectivity index is 0. The largest absolute Gasteiger partial charge is 1.00 e. The van der Waals surface area contributed by atoms with Crippen molar-refractivity contribution in [2.24, 2.45) is 0 Å². The van der Waals surface area contributed by atoms with Crippen molar-refractivity contribution in [3.8, 4) is 0 Å². The van der Waals surface area contributed by atoms with Crippen molar-refractivity contribution in [1.82, 2.24) is 5.32 Å². The summed E-state index contributed by atoms with van der Waals surface area (Å²) in [7, 11) is 0. The number of carboxylic acids is 1. The molecule has 0 aliphatic carbocycles. The number of rotatable bonds is 15. The van der Waals surface area contributed by atoms with Gasteiger partial charge < -0.3 is 15.2 Å². The van der Waals surface area contributed by atoms with Crippen LogP contribution in [0, 0.1) is 0 Å². The van der Waals surface area contributed by atoms with Crippen LogP contribution in [0.1, 0.15) is 84.0 Å². The molecule has 0 heterocycles. The van der Waals surface area contributed by atoms with Gasteiger partial charge in [-0.2, -0.15) is 12.6 Å². The van der Waals surface area contributed by atoms with E-state index >= 15 is 0 Å². The van der Waals surface area contributed by atoms with Gasteiger partial charge in [0.15, 0.2) is 0 Å². The van der Waals surface area contributed by atoms with Gasteiger partial charge in [-0.1, -0.05) is 71.1 Å². The van der Waals surface area contributed by atoms with Gasteiger partial charge in [-0.05, 0) is 6.42 Å². The Morgan fingerprint density at radius 2 is 1.35 bits per heavy atom. The van der Waals surface area contributed by atoms with E-state index < -0.39 is 12.0 Å². The van der Waals surface area contributed by atoms with Gasteiger partial charge in [0.2, 0.25) is 5.91 Å². The zero-order valence-corrected chi connectivity index (χ0v) is 17.8. The van der Waals surface area contributed by atoms with Crippen LogP contribution in [0.25, 0.3) is 0 Å². The standard InChI is InChI=1S/C17H33NO3S.Na/c1-2-3-4-5-6-7-8-9-10-11-12-13-16(19)18-15(14-22)17(20)21;/h15,22H,2-14H2,1H3,(H,18,19)(H,20,21);/q;+1/p-1/t15-;/m0./s1. The minimum atomic E-state index is -1.28. The zero-order chi connectivity index (χ0) is 16.6. The van der Waals surface area contributed by atoms with Crippen LogP contribution in [0.5, 0.6) is 0 Å². The maximum absolute atomic E-state index is 11.5. The van der Waals surface area contributed by atoms with E-state index in [0.29, 0.717) is 6.42 Å². The van der Waals surface area contributed by atoms with E-state index in [4.69, 9.17) is 0 Å². The molecule has 0 aromatic carbocycles. The van der Waals surface area contributed by atoms with E-state index in [9.17, 15) is 14.7 Å². The summed E-state index contributed by atoms with van der Waals surface area (Å²) in [5.41, 5.74) is 0. The molecule has 1 atom stereocenters. The first-order valence-corrected chi connectivity index (χ1v) is 9.36. The van der Waals surface area contributed by atoms with Crippen molar-refractivity contribution < 1.29 is 44.3 Å². The number of nitrogens with one attached hydrogen (secondary N) is 1. The molecule has 1 amide bonds. The summed E-state index contributed by atoms with van der Waals surface area (Å²) < 4.78 is 0. The number of carbonyl (C=O) groups is 2. The Kier molecular flexibility index (Phi) is 20.7. The van der Waals surface area contributed by atoms with Crippen LogP contribution in [-0.4, -0.2) is 23.7 Å². The molecule has 130 valence electrons. The number of thiol groups is 1. The van der Waals surface area contributed by atoms with E-state index in [-0.39, 0.29) is 41.2 Å². The van der Waals surface area contributed by atoms with Crippen molar-refractivity contribution in [1.29, 1.82) is 0 Å². The molecular formula is C17H32NNaO3S. The number of carboxylic acid groups (broad SMARTS) is 1. The van der Waals surface area contributed by atoms with Crippen molar-refractivity contribution in [3.05, 3.63) is 0 Å². The quantitative estimate of drug-likeness (QED) is 0.245. The number of amides is 1. The van der Waals surface area contributed by atoms with Crippen molar-refractivity contribution in [2.45, 2.75) is 90.0 Å². The normalized spacial score (nSPS) is 11.6. The molecule has 0 aliphatic heterocycles. The van der Waals surface area contributed by atoms with E-state index in [1.807, 2.05) is 0 Å². The molecule has 4 nitrogen and oxygen atoms in total. The first-order valence-electron chi connectivity index (χ1n) is 8.72. The van der Waals surface area contributed by atoms with Crippen LogP contribution < -0.4 is 40.0 Å². The van der Waals surface area contributed by atoms with Crippen molar-refractivity contribution in [3.63, 3.8) is 0 Å². The van der Waals surface area contributed by atoms with E-state index in [1.165, 1.54) is 51.4 Å². The maximum atomic E-state index is 11.5. The Morgan fingerprint density at radius 3 is 1.74 bits per heavy atom. The first-order chi connectivity index (χ1) is 10.6. The van der Waals surface area contributed by atoms with Crippen LogP contribution in [0.4, 0.5) is 0 Å². The molecule has 6 heteroatoms. The summed E-state index contributed by atoms with van der Waals surface area (Å²) in [5, 5.41) is 13.1. The molecule has 0 aliphatic rings. The third-order valence-electron chi connectivity index (χ3n) is 3.81. The molecule has 0 saturated carbocycles. The summed E-state index contributed by atoms with van der Waals surface area (Å²) in [6, 6.07) is -0.983. The Morgan fingerprint density at radius 1 is 0.913 bits per heavy atom. The molecule has 0 fully saturated rings. The van der Waals surface area contributed by atoms with Crippen molar-refractivity contribution >= 4 is 24.5 Å². The molecule has 1 N–H and O–H groups in total. The molecule has 0 spiro atoms. The SMILES string of the molecule is CCCCCCCCCCCCCC(=O)N[C@@H](CS)C(=O)[O-].[Na+]. The molecule has 0 aromatic heterocycles. The fourth-order valence-corrected chi connectivity index (χ4v) is 2.64. The van der Waals surface area contributed by atoms with Crippen LogP contribution in [-0.2, 0) is 9.59 Å². The Hall–Kier alpha value is 0.290. The first kappa shape index (κ1) is 25.5. The van der Waals surface area contributed by atoms with Gasteiger partial charge in [-0.25, -0.2) is 0 Å². The van der Waals surface area contributed by atoms with E-state index in [1.54, 1.807) is 0 Å². The van der Waals surface area contributed by atoms with Crippen molar-refractivity contribution in [2.75, 3.05) is 5.75 Å². The number of aliphatic carboxylic acids is 1. The minimum absolute atomic E-state index is 0. The number of hydrogen-bond donors (Lipinski definition) is 2. The maximum Gasteiger partial charge on any atom is 1.00 e. The molecule has 0 rings (SSSR count). The van der Waals surface area contributed by atoms with Crippen LogP contribution in [0.2, 0.25) is 0 Å². The average molecular weight is 354 g/mol. The Bertz CT molecular complexity index is 304. The summed E-state index contributed by atoms with van der Waals surface area (Å²) in [6.45, 7) is 2.23. The second-order valence-electron chi connectivity index (χ2n) is 5.91. The third kappa shape index (κ3) is 16.9. The smallest absolute Gasteiger partial charge is 0.548 e. The second-order valence-corrected chi connectivity index (χ2v) is 6.27. The van der Waals surface area contributed by atoms with Gasteiger partial charge in [-0.3, -0.25) is 4.79 Å². The van der Waals surface area contributed by atoms with E-state index in [0.717, 1.165) is 19.3 Å². The second kappa shape index (κ2) is 18.6.